The van der Waals surface area contributed by atoms with Gasteiger partial charge in [0.1, 0.15) is 17.2 Å². The van der Waals surface area contributed by atoms with Crippen LogP contribution in [0.1, 0.15) is 23.2 Å². The predicted octanol–water partition coefficient (Wildman–Crippen LogP) is 4.08. The molecule has 2 rings (SSSR count). The quantitative estimate of drug-likeness (QED) is 0.650. The maximum absolute atomic E-state index is 12.4. The van der Waals surface area contributed by atoms with Crippen molar-refractivity contribution in [3.8, 4) is 17.2 Å². The molecule has 0 aliphatic carbocycles. The number of anilines is 1. The van der Waals surface area contributed by atoms with Gasteiger partial charge in [0.25, 0.3) is 0 Å². The van der Waals surface area contributed by atoms with E-state index in [-0.39, 0.29) is 24.5 Å². The minimum absolute atomic E-state index is 0.0496. The third kappa shape index (κ3) is 5.23. The van der Waals surface area contributed by atoms with E-state index in [1.807, 2.05) is 0 Å². The Kier molecular flexibility index (Phi) is 7.03. The van der Waals surface area contributed by atoms with Gasteiger partial charge < -0.3 is 19.5 Å². The second kappa shape index (κ2) is 9.24. The fourth-order valence-electron chi connectivity index (χ4n) is 2.36. The molecule has 0 saturated carbocycles. The van der Waals surface area contributed by atoms with Gasteiger partial charge >= 0.3 is 0 Å². The first kappa shape index (κ1) is 19.8. The first-order chi connectivity index (χ1) is 12.5. The number of hydrogen-bond donors (Lipinski definition) is 1. The standard InChI is InChI=1S/C19H20BrNO5/c1-24-14-9-13(10-15(11-14)25-2)21-19(23)7-5-17(22)16-8-12(20)4-6-18(16)26-3/h4,6,8-11H,5,7H2,1-3H3,(H,21,23). The van der Waals surface area contributed by atoms with Crippen LogP contribution in [0, 0.1) is 0 Å². The molecule has 6 nitrogen and oxygen atoms in total. The lowest BCUT2D eigenvalue weighted by Gasteiger charge is -2.10. The molecule has 0 fully saturated rings. The van der Waals surface area contributed by atoms with E-state index >= 15 is 0 Å². The largest absolute Gasteiger partial charge is 0.497 e. The number of carbonyl (C=O) groups is 2. The van der Waals surface area contributed by atoms with Gasteiger partial charge in [-0.1, -0.05) is 15.9 Å². The molecule has 0 saturated heterocycles. The van der Waals surface area contributed by atoms with Crippen molar-refractivity contribution in [1.29, 1.82) is 0 Å². The molecule has 0 spiro atoms. The van der Waals surface area contributed by atoms with Crippen molar-refractivity contribution < 1.29 is 23.8 Å². The van der Waals surface area contributed by atoms with Crippen molar-refractivity contribution in [3.63, 3.8) is 0 Å². The first-order valence-electron chi connectivity index (χ1n) is 7.86. The highest BCUT2D eigenvalue weighted by Gasteiger charge is 2.15. The van der Waals surface area contributed by atoms with Gasteiger partial charge in [-0.15, -0.1) is 0 Å². The van der Waals surface area contributed by atoms with E-state index in [1.54, 1.807) is 36.4 Å². The van der Waals surface area contributed by atoms with Crippen LogP contribution in [0.4, 0.5) is 5.69 Å². The van der Waals surface area contributed by atoms with Crippen LogP contribution in [0.3, 0.4) is 0 Å². The van der Waals surface area contributed by atoms with Crippen LogP contribution in [0.15, 0.2) is 40.9 Å². The molecule has 0 aliphatic rings. The maximum Gasteiger partial charge on any atom is 0.224 e. The SMILES string of the molecule is COc1cc(NC(=O)CCC(=O)c2cc(Br)ccc2OC)cc(OC)c1. The normalized spacial score (nSPS) is 10.2. The summed E-state index contributed by atoms with van der Waals surface area (Å²) < 4.78 is 16.3. The summed E-state index contributed by atoms with van der Waals surface area (Å²) >= 11 is 3.33. The Labute approximate surface area is 160 Å². The van der Waals surface area contributed by atoms with Crippen LogP contribution in [0.5, 0.6) is 17.2 Å². The number of carbonyl (C=O) groups excluding carboxylic acids is 2. The number of Topliss-reactive ketones (excluding diaryl/α,β-unsaturated/α-hetero) is 1. The highest BCUT2D eigenvalue weighted by molar-refractivity contribution is 9.10. The van der Waals surface area contributed by atoms with Gasteiger partial charge in [0.2, 0.25) is 5.91 Å². The molecule has 0 heterocycles. The first-order valence-corrected chi connectivity index (χ1v) is 8.65. The summed E-state index contributed by atoms with van der Waals surface area (Å²) in [6, 6.07) is 10.3. The number of halogens is 1. The zero-order chi connectivity index (χ0) is 19.1. The van der Waals surface area contributed by atoms with Crippen molar-refractivity contribution in [2.75, 3.05) is 26.6 Å². The van der Waals surface area contributed by atoms with Crippen molar-refractivity contribution >= 4 is 33.3 Å². The molecule has 26 heavy (non-hydrogen) atoms. The lowest BCUT2D eigenvalue weighted by Crippen LogP contribution is -2.14. The van der Waals surface area contributed by atoms with Crippen LogP contribution in [0.25, 0.3) is 0 Å². The lowest BCUT2D eigenvalue weighted by atomic mass is 10.1. The number of benzene rings is 2. The van der Waals surface area contributed by atoms with Gasteiger partial charge in [0, 0.05) is 41.2 Å². The average Bonchev–Trinajstić information content (AvgIpc) is 2.65. The summed E-state index contributed by atoms with van der Waals surface area (Å²) in [7, 11) is 4.57. The topological polar surface area (TPSA) is 73.9 Å². The van der Waals surface area contributed by atoms with Crippen LogP contribution >= 0.6 is 15.9 Å². The average molecular weight is 422 g/mol. The molecular formula is C19H20BrNO5. The maximum atomic E-state index is 12.4. The highest BCUT2D eigenvalue weighted by Crippen LogP contribution is 2.27. The molecular weight excluding hydrogens is 402 g/mol. The molecule has 1 amide bonds. The van der Waals surface area contributed by atoms with Crippen molar-refractivity contribution in [2.45, 2.75) is 12.8 Å². The zero-order valence-electron chi connectivity index (χ0n) is 14.8. The van der Waals surface area contributed by atoms with E-state index in [0.717, 1.165) is 4.47 Å². The van der Waals surface area contributed by atoms with Gasteiger partial charge in [-0.25, -0.2) is 0 Å². The Hall–Kier alpha value is -2.54. The fraction of sp³-hybridized carbons (Fsp3) is 0.263. The molecule has 0 bridgehead atoms. The number of rotatable bonds is 8. The molecule has 0 atom stereocenters. The molecule has 0 aromatic heterocycles. The molecule has 1 N–H and O–H groups in total. The number of ether oxygens (including phenoxy) is 3. The summed E-state index contributed by atoms with van der Waals surface area (Å²) in [6.45, 7) is 0. The van der Waals surface area contributed by atoms with Crippen molar-refractivity contribution in [1.82, 2.24) is 0 Å². The second-order valence-corrected chi connectivity index (χ2v) is 6.33. The van der Waals surface area contributed by atoms with E-state index in [9.17, 15) is 9.59 Å². The van der Waals surface area contributed by atoms with Gasteiger partial charge in [-0.05, 0) is 18.2 Å². The summed E-state index contributed by atoms with van der Waals surface area (Å²) in [5.74, 6) is 1.17. The summed E-state index contributed by atoms with van der Waals surface area (Å²) in [5.41, 5.74) is 0.983. The fourth-order valence-corrected chi connectivity index (χ4v) is 2.72. The summed E-state index contributed by atoms with van der Waals surface area (Å²) in [5, 5.41) is 2.75. The molecule has 2 aromatic rings. The van der Waals surface area contributed by atoms with Crippen LogP contribution < -0.4 is 19.5 Å². The predicted molar refractivity (Wildman–Crippen MR) is 102 cm³/mol. The number of amides is 1. The van der Waals surface area contributed by atoms with Crippen LogP contribution in [-0.4, -0.2) is 33.0 Å². The van der Waals surface area contributed by atoms with Gasteiger partial charge in [-0.2, -0.15) is 0 Å². The molecule has 0 radical (unpaired) electrons. The monoisotopic (exact) mass is 421 g/mol. The Morgan fingerprint density at radius 3 is 2.15 bits per heavy atom. The third-order valence-electron chi connectivity index (χ3n) is 3.68. The summed E-state index contributed by atoms with van der Waals surface area (Å²) in [6.07, 6.45) is 0.119. The van der Waals surface area contributed by atoms with Gasteiger partial charge in [0.15, 0.2) is 5.78 Å². The summed E-state index contributed by atoms with van der Waals surface area (Å²) in [4.78, 5) is 24.6. The minimum atomic E-state index is -0.275. The molecule has 7 heteroatoms. The Morgan fingerprint density at radius 1 is 0.923 bits per heavy atom. The van der Waals surface area contributed by atoms with Gasteiger partial charge in [0.05, 0.1) is 26.9 Å². The molecule has 0 aliphatic heterocycles. The highest BCUT2D eigenvalue weighted by atomic mass is 79.9. The van der Waals surface area contributed by atoms with E-state index < -0.39 is 0 Å². The number of ketones is 1. The van der Waals surface area contributed by atoms with Crippen molar-refractivity contribution in [2.24, 2.45) is 0 Å². The van der Waals surface area contributed by atoms with E-state index in [2.05, 4.69) is 21.2 Å². The second-order valence-electron chi connectivity index (χ2n) is 5.42. The Bertz CT molecular complexity index is 784. The Balaban J connectivity index is 2.01. The molecule has 0 unspecified atom stereocenters. The van der Waals surface area contributed by atoms with E-state index in [0.29, 0.717) is 28.5 Å². The number of hydrogen-bond acceptors (Lipinski definition) is 5. The van der Waals surface area contributed by atoms with Crippen molar-refractivity contribution in [3.05, 3.63) is 46.4 Å². The number of nitrogens with one attached hydrogen (secondary N) is 1. The van der Waals surface area contributed by atoms with Gasteiger partial charge in [-0.3, -0.25) is 9.59 Å². The minimum Gasteiger partial charge on any atom is -0.497 e. The smallest absolute Gasteiger partial charge is 0.224 e. The van der Waals surface area contributed by atoms with E-state index in [4.69, 9.17) is 14.2 Å². The number of methoxy groups -OCH3 is 3. The van der Waals surface area contributed by atoms with E-state index in [1.165, 1.54) is 21.3 Å². The molecule has 138 valence electrons. The zero-order valence-corrected chi connectivity index (χ0v) is 16.4. The van der Waals surface area contributed by atoms with Crippen LogP contribution in [0.2, 0.25) is 0 Å². The third-order valence-corrected chi connectivity index (χ3v) is 4.17. The van der Waals surface area contributed by atoms with Crippen LogP contribution in [-0.2, 0) is 4.79 Å². The lowest BCUT2D eigenvalue weighted by molar-refractivity contribution is -0.116. The molecule has 2 aromatic carbocycles. The Morgan fingerprint density at radius 2 is 1.58 bits per heavy atom.